The lowest BCUT2D eigenvalue weighted by molar-refractivity contribution is 0.209. The van der Waals surface area contributed by atoms with Crippen LogP contribution in [0.4, 0.5) is 5.69 Å². The highest BCUT2D eigenvalue weighted by molar-refractivity contribution is 6.42. The maximum atomic E-state index is 5.94. The zero-order valence-corrected chi connectivity index (χ0v) is 11.2. The molecule has 2 nitrogen and oxygen atoms in total. The number of rotatable bonds is 3. The Kier molecular flexibility index (Phi) is 4.41. The summed E-state index contributed by atoms with van der Waals surface area (Å²) in [6, 6.07) is 3.34. The molecule has 2 N–H and O–H groups in total. The largest absolute Gasteiger partial charge is 0.491 e. The summed E-state index contributed by atoms with van der Waals surface area (Å²) < 4.78 is 5.74. The molecule has 1 aliphatic carbocycles. The number of nitrogen functional groups attached to an aromatic ring is 1. The van der Waals surface area contributed by atoms with Gasteiger partial charge in [-0.1, -0.05) is 42.5 Å². The predicted octanol–water partition coefficient (Wildman–Crippen LogP) is 4.53. The molecule has 0 spiro atoms. The van der Waals surface area contributed by atoms with E-state index in [9.17, 15) is 0 Å². The van der Waals surface area contributed by atoms with Crippen molar-refractivity contribution in [3.8, 4) is 5.75 Å². The number of hydrogen-bond acceptors (Lipinski definition) is 2. The third kappa shape index (κ3) is 3.43. The van der Waals surface area contributed by atoms with Crippen LogP contribution in [0.3, 0.4) is 0 Å². The van der Waals surface area contributed by atoms with Gasteiger partial charge >= 0.3 is 0 Å². The second kappa shape index (κ2) is 5.83. The van der Waals surface area contributed by atoms with Gasteiger partial charge in [-0.15, -0.1) is 0 Å². The van der Waals surface area contributed by atoms with Crippen molar-refractivity contribution in [1.82, 2.24) is 0 Å². The van der Waals surface area contributed by atoms with E-state index in [1.807, 2.05) is 0 Å². The molecule has 1 aromatic rings. The van der Waals surface area contributed by atoms with E-state index in [0.29, 0.717) is 27.4 Å². The molecule has 0 radical (unpaired) electrons. The molecule has 94 valence electrons. The van der Waals surface area contributed by atoms with Crippen LogP contribution in [0.2, 0.25) is 10.0 Å². The van der Waals surface area contributed by atoms with Gasteiger partial charge in [0.2, 0.25) is 0 Å². The molecule has 0 atom stereocenters. The zero-order chi connectivity index (χ0) is 12.3. The minimum absolute atomic E-state index is 0.467. The Morgan fingerprint density at radius 3 is 2.47 bits per heavy atom. The highest BCUT2D eigenvalue weighted by atomic mass is 35.5. The molecular formula is C13H17Cl2NO. The zero-order valence-electron chi connectivity index (χ0n) is 9.72. The number of halogens is 2. The van der Waals surface area contributed by atoms with Gasteiger partial charge in [0.15, 0.2) is 0 Å². The predicted molar refractivity (Wildman–Crippen MR) is 72.9 cm³/mol. The van der Waals surface area contributed by atoms with E-state index >= 15 is 0 Å². The molecule has 2 rings (SSSR count). The van der Waals surface area contributed by atoms with E-state index in [-0.39, 0.29) is 0 Å². The minimum atomic E-state index is 0.467. The lowest BCUT2D eigenvalue weighted by Gasteiger charge is -2.22. The number of benzene rings is 1. The summed E-state index contributed by atoms with van der Waals surface area (Å²) in [4.78, 5) is 0. The van der Waals surface area contributed by atoms with Crippen LogP contribution in [-0.2, 0) is 0 Å². The average molecular weight is 274 g/mol. The first-order valence-corrected chi connectivity index (χ1v) is 6.79. The minimum Gasteiger partial charge on any atom is -0.491 e. The Bertz CT molecular complexity index is 389. The lowest BCUT2D eigenvalue weighted by atomic mass is 9.90. The molecule has 0 amide bonds. The van der Waals surface area contributed by atoms with Crippen LogP contribution in [0.5, 0.6) is 5.75 Å². The summed E-state index contributed by atoms with van der Waals surface area (Å²) in [6.45, 7) is 0.724. The highest BCUT2D eigenvalue weighted by Crippen LogP contribution is 2.33. The fourth-order valence-corrected chi connectivity index (χ4v) is 2.56. The van der Waals surface area contributed by atoms with Crippen LogP contribution in [0.1, 0.15) is 32.1 Å². The van der Waals surface area contributed by atoms with Crippen LogP contribution >= 0.6 is 23.2 Å². The molecule has 17 heavy (non-hydrogen) atoms. The van der Waals surface area contributed by atoms with Gasteiger partial charge < -0.3 is 10.5 Å². The summed E-state index contributed by atoms with van der Waals surface area (Å²) in [5.74, 6) is 1.29. The molecule has 0 bridgehead atoms. The smallest absolute Gasteiger partial charge is 0.143 e. The molecule has 0 saturated heterocycles. The Labute approximate surface area is 112 Å². The lowest BCUT2D eigenvalue weighted by Crippen LogP contribution is -2.15. The third-order valence-corrected chi connectivity index (χ3v) is 3.97. The van der Waals surface area contributed by atoms with E-state index in [1.165, 1.54) is 32.1 Å². The third-order valence-electron chi connectivity index (χ3n) is 3.25. The summed E-state index contributed by atoms with van der Waals surface area (Å²) >= 11 is 11.8. The van der Waals surface area contributed by atoms with Crippen molar-refractivity contribution in [2.45, 2.75) is 32.1 Å². The van der Waals surface area contributed by atoms with Gasteiger partial charge in [0.05, 0.1) is 22.3 Å². The van der Waals surface area contributed by atoms with Gasteiger partial charge in [0.25, 0.3) is 0 Å². The second-order valence-corrected chi connectivity index (χ2v) is 5.43. The van der Waals surface area contributed by atoms with E-state index in [4.69, 9.17) is 33.7 Å². The Morgan fingerprint density at radius 1 is 1.12 bits per heavy atom. The topological polar surface area (TPSA) is 35.2 Å². The summed E-state index contributed by atoms with van der Waals surface area (Å²) in [5, 5.41) is 0.952. The number of anilines is 1. The van der Waals surface area contributed by atoms with Crippen LogP contribution in [0.25, 0.3) is 0 Å². The number of ether oxygens (including phenoxy) is 1. The molecule has 1 saturated carbocycles. The van der Waals surface area contributed by atoms with E-state index in [1.54, 1.807) is 12.1 Å². The van der Waals surface area contributed by atoms with Gasteiger partial charge in [-0.2, -0.15) is 0 Å². The van der Waals surface area contributed by atoms with Crippen molar-refractivity contribution in [3.63, 3.8) is 0 Å². The van der Waals surface area contributed by atoms with E-state index in [2.05, 4.69) is 0 Å². The fourth-order valence-electron chi connectivity index (χ4n) is 2.23. The van der Waals surface area contributed by atoms with Gasteiger partial charge in [-0.3, -0.25) is 0 Å². The molecule has 0 aromatic heterocycles. The Hall–Kier alpha value is -0.600. The second-order valence-electron chi connectivity index (χ2n) is 4.62. The SMILES string of the molecule is Nc1cc(Cl)c(Cl)cc1OCC1CCCCC1. The molecule has 0 unspecified atom stereocenters. The van der Waals surface area contributed by atoms with Gasteiger partial charge in [0.1, 0.15) is 5.75 Å². The molecule has 1 fully saturated rings. The molecule has 0 heterocycles. The first-order chi connectivity index (χ1) is 8.16. The number of hydrogen-bond donors (Lipinski definition) is 1. The van der Waals surface area contributed by atoms with Gasteiger partial charge in [-0.25, -0.2) is 0 Å². The molecular weight excluding hydrogens is 257 g/mol. The van der Waals surface area contributed by atoms with Crippen molar-refractivity contribution in [2.75, 3.05) is 12.3 Å². The van der Waals surface area contributed by atoms with Gasteiger partial charge in [-0.05, 0) is 24.8 Å². The quantitative estimate of drug-likeness (QED) is 0.821. The van der Waals surface area contributed by atoms with Crippen LogP contribution in [0.15, 0.2) is 12.1 Å². The summed E-state index contributed by atoms with van der Waals surface area (Å²) in [7, 11) is 0. The van der Waals surface area contributed by atoms with Crippen molar-refractivity contribution < 1.29 is 4.74 Å². The molecule has 0 aliphatic heterocycles. The normalized spacial score (nSPS) is 17.1. The fraction of sp³-hybridized carbons (Fsp3) is 0.538. The van der Waals surface area contributed by atoms with Crippen LogP contribution < -0.4 is 10.5 Å². The highest BCUT2D eigenvalue weighted by Gasteiger charge is 2.15. The summed E-state index contributed by atoms with van der Waals surface area (Å²) in [5.41, 5.74) is 6.39. The monoisotopic (exact) mass is 273 g/mol. The Morgan fingerprint density at radius 2 is 1.76 bits per heavy atom. The van der Waals surface area contributed by atoms with Crippen molar-refractivity contribution in [3.05, 3.63) is 22.2 Å². The molecule has 1 aromatic carbocycles. The maximum absolute atomic E-state index is 5.94. The molecule has 4 heteroatoms. The summed E-state index contributed by atoms with van der Waals surface area (Å²) in [6.07, 6.45) is 6.48. The van der Waals surface area contributed by atoms with Crippen molar-refractivity contribution in [1.29, 1.82) is 0 Å². The first kappa shape index (κ1) is 12.8. The van der Waals surface area contributed by atoms with Crippen molar-refractivity contribution >= 4 is 28.9 Å². The van der Waals surface area contributed by atoms with Crippen LogP contribution in [0, 0.1) is 5.92 Å². The molecule has 1 aliphatic rings. The van der Waals surface area contributed by atoms with Gasteiger partial charge in [0, 0.05) is 6.07 Å². The standard InChI is InChI=1S/C13H17Cl2NO/c14-10-6-12(16)13(7-11(10)15)17-8-9-4-2-1-3-5-9/h6-7,9H,1-5,8,16H2. The Balaban J connectivity index is 1.96. The first-order valence-electron chi connectivity index (χ1n) is 6.04. The number of nitrogens with two attached hydrogens (primary N) is 1. The maximum Gasteiger partial charge on any atom is 0.143 e. The van der Waals surface area contributed by atoms with E-state index < -0.39 is 0 Å². The van der Waals surface area contributed by atoms with E-state index in [0.717, 1.165) is 6.61 Å². The van der Waals surface area contributed by atoms with Crippen molar-refractivity contribution in [2.24, 2.45) is 5.92 Å². The average Bonchev–Trinajstić information content (AvgIpc) is 2.33. The van der Waals surface area contributed by atoms with Crippen LogP contribution in [-0.4, -0.2) is 6.61 Å².